The molecule has 0 bridgehead atoms. The predicted molar refractivity (Wildman–Crippen MR) is 77.5 cm³/mol. The van der Waals surface area contributed by atoms with Crippen LogP contribution < -0.4 is 5.32 Å². The quantitative estimate of drug-likeness (QED) is 0.701. The van der Waals surface area contributed by atoms with Gasteiger partial charge in [0.15, 0.2) is 0 Å². The van der Waals surface area contributed by atoms with Crippen LogP contribution in [-0.2, 0) is 4.74 Å². The second-order valence-electron chi connectivity index (χ2n) is 5.18. The number of ether oxygens (including phenoxy) is 1. The molecule has 0 aliphatic heterocycles. The van der Waals surface area contributed by atoms with Crippen molar-refractivity contribution in [3.63, 3.8) is 0 Å². The first-order chi connectivity index (χ1) is 8.83. The molecule has 2 unspecified atom stereocenters. The van der Waals surface area contributed by atoms with Crippen molar-refractivity contribution in [2.24, 2.45) is 5.92 Å². The minimum Gasteiger partial charge on any atom is -0.377 e. The van der Waals surface area contributed by atoms with Crippen molar-refractivity contribution in [1.82, 2.24) is 5.32 Å². The van der Waals surface area contributed by atoms with Gasteiger partial charge >= 0.3 is 0 Å². The lowest BCUT2D eigenvalue weighted by Gasteiger charge is -2.35. The smallest absolute Gasteiger partial charge is 0.0756 e. The fraction of sp³-hybridized carbons (Fsp3) is 0.875. The van der Waals surface area contributed by atoms with Gasteiger partial charge in [0.25, 0.3) is 0 Å². The number of rotatable bonds is 7. The lowest BCUT2D eigenvalue weighted by atomic mass is 9.81. The topological polar surface area (TPSA) is 21.3 Å². The molecule has 0 aromatic heterocycles. The minimum absolute atomic E-state index is 0.374. The molecule has 0 heterocycles. The highest BCUT2D eigenvalue weighted by molar-refractivity contribution is 4.96. The predicted octanol–water partition coefficient (Wildman–Crippen LogP) is 3.36. The van der Waals surface area contributed by atoms with Crippen LogP contribution in [0.4, 0.5) is 0 Å². The van der Waals surface area contributed by atoms with E-state index in [0.29, 0.717) is 12.1 Å². The SMILES string of the molecule is CC#CCCC(NC)C(OCC)C1CCCCC1. The summed E-state index contributed by atoms with van der Waals surface area (Å²) in [5.41, 5.74) is 0. The molecule has 104 valence electrons. The minimum atomic E-state index is 0.374. The van der Waals surface area contributed by atoms with Crippen LogP contribution in [0, 0.1) is 17.8 Å². The molecule has 2 nitrogen and oxygen atoms in total. The average molecular weight is 251 g/mol. The van der Waals surface area contributed by atoms with Crippen LogP contribution in [0.15, 0.2) is 0 Å². The molecule has 0 saturated heterocycles. The molecule has 0 spiro atoms. The molecular formula is C16H29NO. The number of likely N-dealkylation sites (N-methyl/N-ethyl adjacent to an activating group) is 1. The monoisotopic (exact) mass is 251 g/mol. The van der Waals surface area contributed by atoms with Crippen molar-refractivity contribution in [2.45, 2.75) is 70.9 Å². The zero-order chi connectivity index (χ0) is 13.2. The Morgan fingerprint density at radius 3 is 2.56 bits per heavy atom. The van der Waals surface area contributed by atoms with Gasteiger partial charge in [0.1, 0.15) is 0 Å². The lowest BCUT2D eigenvalue weighted by molar-refractivity contribution is -0.0174. The van der Waals surface area contributed by atoms with Crippen LogP contribution in [0.25, 0.3) is 0 Å². The van der Waals surface area contributed by atoms with Crippen LogP contribution in [-0.4, -0.2) is 25.8 Å². The second kappa shape index (κ2) is 9.42. The maximum atomic E-state index is 6.05. The number of hydrogen-bond acceptors (Lipinski definition) is 2. The van der Waals surface area contributed by atoms with Gasteiger partial charge in [-0.05, 0) is 46.1 Å². The van der Waals surface area contributed by atoms with Gasteiger partial charge in [-0.3, -0.25) is 0 Å². The summed E-state index contributed by atoms with van der Waals surface area (Å²) in [4.78, 5) is 0. The van der Waals surface area contributed by atoms with E-state index in [9.17, 15) is 0 Å². The first-order valence-corrected chi connectivity index (χ1v) is 7.52. The van der Waals surface area contributed by atoms with Crippen LogP contribution in [0.2, 0.25) is 0 Å². The average Bonchev–Trinajstić information content (AvgIpc) is 2.43. The van der Waals surface area contributed by atoms with Crippen LogP contribution in [0.5, 0.6) is 0 Å². The molecule has 0 aromatic carbocycles. The van der Waals surface area contributed by atoms with E-state index < -0.39 is 0 Å². The van der Waals surface area contributed by atoms with Gasteiger partial charge < -0.3 is 10.1 Å². The van der Waals surface area contributed by atoms with Crippen molar-refractivity contribution in [3.8, 4) is 11.8 Å². The highest BCUT2D eigenvalue weighted by Crippen LogP contribution is 2.30. The first kappa shape index (κ1) is 15.5. The zero-order valence-corrected chi connectivity index (χ0v) is 12.3. The number of nitrogens with one attached hydrogen (secondary N) is 1. The maximum absolute atomic E-state index is 6.05. The fourth-order valence-electron chi connectivity index (χ4n) is 3.06. The Morgan fingerprint density at radius 1 is 1.28 bits per heavy atom. The Balaban J connectivity index is 2.56. The Hall–Kier alpha value is -0.520. The van der Waals surface area contributed by atoms with Crippen LogP contribution >= 0.6 is 0 Å². The molecule has 1 rings (SSSR count). The van der Waals surface area contributed by atoms with E-state index in [4.69, 9.17) is 4.74 Å². The molecule has 1 aliphatic carbocycles. The maximum Gasteiger partial charge on any atom is 0.0756 e. The van der Waals surface area contributed by atoms with Gasteiger partial charge in [-0.25, -0.2) is 0 Å². The van der Waals surface area contributed by atoms with E-state index in [-0.39, 0.29) is 0 Å². The summed E-state index contributed by atoms with van der Waals surface area (Å²) in [5.74, 6) is 6.89. The fourth-order valence-corrected chi connectivity index (χ4v) is 3.06. The van der Waals surface area contributed by atoms with Gasteiger partial charge in [0.05, 0.1) is 6.10 Å². The van der Waals surface area contributed by atoms with E-state index in [1.54, 1.807) is 0 Å². The van der Waals surface area contributed by atoms with E-state index >= 15 is 0 Å². The summed E-state index contributed by atoms with van der Waals surface area (Å²) in [6.07, 6.45) is 9.26. The molecule has 1 N–H and O–H groups in total. The molecule has 1 saturated carbocycles. The molecular weight excluding hydrogens is 222 g/mol. The summed E-state index contributed by atoms with van der Waals surface area (Å²) in [7, 11) is 2.05. The summed E-state index contributed by atoms with van der Waals surface area (Å²) >= 11 is 0. The van der Waals surface area contributed by atoms with Crippen LogP contribution in [0.1, 0.15) is 58.8 Å². The summed E-state index contributed by atoms with van der Waals surface area (Å²) in [6.45, 7) is 4.84. The molecule has 1 fully saturated rings. The second-order valence-corrected chi connectivity index (χ2v) is 5.18. The highest BCUT2D eigenvalue weighted by Gasteiger charge is 2.29. The third-order valence-electron chi connectivity index (χ3n) is 4.00. The van der Waals surface area contributed by atoms with Crippen molar-refractivity contribution < 1.29 is 4.74 Å². The van der Waals surface area contributed by atoms with Gasteiger partial charge in [0.2, 0.25) is 0 Å². The van der Waals surface area contributed by atoms with E-state index in [1.165, 1.54) is 32.1 Å². The summed E-state index contributed by atoms with van der Waals surface area (Å²) < 4.78 is 6.05. The Labute approximate surface area is 113 Å². The van der Waals surface area contributed by atoms with Gasteiger partial charge in [-0.15, -0.1) is 11.8 Å². The zero-order valence-electron chi connectivity index (χ0n) is 12.3. The highest BCUT2D eigenvalue weighted by atomic mass is 16.5. The van der Waals surface area contributed by atoms with Gasteiger partial charge in [-0.2, -0.15) is 0 Å². The van der Waals surface area contributed by atoms with E-state index in [0.717, 1.165) is 25.4 Å². The first-order valence-electron chi connectivity index (χ1n) is 7.52. The molecule has 2 atom stereocenters. The Kier molecular flexibility index (Phi) is 8.13. The standard InChI is InChI=1S/C16H29NO/c1-4-6-8-13-15(17-3)16(18-5-2)14-11-9-7-10-12-14/h14-17H,5,7-13H2,1-3H3. The van der Waals surface area contributed by atoms with Crippen molar-refractivity contribution in [1.29, 1.82) is 0 Å². The molecule has 2 heteroatoms. The molecule has 1 aliphatic rings. The third kappa shape index (κ3) is 5.00. The van der Waals surface area contributed by atoms with Gasteiger partial charge in [0, 0.05) is 19.1 Å². The molecule has 0 aromatic rings. The van der Waals surface area contributed by atoms with E-state index in [2.05, 4.69) is 31.1 Å². The third-order valence-corrected chi connectivity index (χ3v) is 4.00. The van der Waals surface area contributed by atoms with E-state index in [1.807, 2.05) is 6.92 Å². The lowest BCUT2D eigenvalue weighted by Crippen LogP contribution is -2.44. The Morgan fingerprint density at radius 2 is 2.00 bits per heavy atom. The molecule has 0 amide bonds. The number of hydrogen-bond donors (Lipinski definition) is 1. The largest absolute Gasteiger partial charge is 0.377 e. The Bertz CT molecular complexity index is 260. The van der Waals surface area contributed by atoms with Crippen molar-refractivity contribution >= 4 is 0 Å². The van der Waals surface area contributed by atoms with Crippen molar-refractivity contribution in [3.05, 3.63) is 0 Å². The molecule has 18 heavy (non-hydrogen) atoms. The van der Waals surface area contributed by atoms with Gasteiger partial charge in [-0.1, -0.05) is 19.3 Å². The normalized spacial score (nSPS) is 19.9. The van der Waals surface area contributed by atoms with Crippen LogP contribution in [0.3, 0.4) is 0 Å². The summed E-state index contributed by atoms with van der Waals surface area (Å²) in [5, 5.41) is 3.45. The molecule has 0 radical (unpaired) electrons. The van der Waals surface area contributed by atoms with Crippen molar-refractivity contribution in [2.75, 3.05) is 13.7 Å². The summed E-state index contributed by atoms with van der Waals surface area (Å²) in [6, 6.07) is 0.453.